The molecule has 0 amide bonds. The van der Waals surface area contributed by atoms with E-state index < -0.39 is 6.10 Å². The van der Waals surface area contributed by atoms with Crippen LogP contribution in [0.5, 0.6) is 0 Å². The van der Waals surface area contributed by atoms with E-state index in [4.69, 9.17) is 0 Å². The minimum Gasteiger partial charge on any atom is -0.388 e. The molecule has 2 rings (SSSR count). The van der Waals surface area contributed by atoms with Crippen LogP contribution in [-0.2, 0) is 19.9 Å². The molecule has 1 N–H and O–H groups in total. The second-order valence-corrected chi connectivity index (χ2v) is 6.06. The number of aromatic nitrogens is 2. The van der Waals surface area contributed by atoms with Crippen molar-refractivity contribution >= 4 is 15.9 Å². The van der Waals surface area contributed by atoms with Crippen LogP contribution in [0.25, 0.3) is 0 Å². The Bertz CT molecular complexity index is 619. The molecular weight excluding hydrogens is 316 g/mol. The van der Waals surface area contributed by atoms with E-state index in [2.05, 4.69) is 46.2 Å². The third-order valence-corrected chi connectivity index (χ3v) is 4.60. The highest BCUT2D eigenvalue weighted by molar-refractivity contribution is 9.10. The molecule has 0 fully saturated rings. The van der Waals surface area contributed by atoms with Crippen molar-refractivity contribution in [3.63, 3.8) is 0 Å². The van der Waals surface area contributed by atoms with Gasteiger partial charge >= 0.3 is 0 Å². The first-order chi connectivity index (χ1) is 9.43. The fourth-order valence-electron chi connectivity index (χ4n) is 2.45. The van der Waals surface area contributed by atoms with Crippen LogP contribution in [0.15, 0.2) is 22.7 Å². The van der Waals surface area contributed by atoms with Crippen molar-refractivity contribution in [1.82, 2.24) is 9.78 Å². The molecule has 0 radical (unpaired) electrons. The minimum atomic E-state index is -0.508. The molecule has 2 aromatic rings. The summed E-state index contributed by atoms with van der Waals surface area (Å²) in [5.74, 6) is 0. The van der Waals surface area contributed by atoms with Crippen LogP contribution < -0.4 is 0 Å². The van der Waals surface area contributed by atoms with E-state index in [0.29, 0.717) is 6.42 Å². The number of benzene rings is 1. The highest BCUT2D eigenvalue weighted by atomic mass is 79.9. The van der Waals surface area contributed by atoms with Gasteiger partial charge in [-0.25, -0.2) is 0 Å². The average molecular weight is 337 g/mol. The number of aliphatic hydroxyl groups is 1. The number of hydrogen-bond acceptors (Lipinski definition) is 2. The van der Waals surface area contributed by atoms with Gasteiger partial charge in [-0.1, -0.05) is 30.7 Å². The lowest BCUT2D eigenvalue weighted by Crippen LogP contribution is -2.08. The minimum absolute atomic E-state index is 0.508. The first kappa shape index (κ1) is 15.3. The van der Waals surface area contributed by atoms with E-state index in [9.17, 15) is 5.11 Å². The van der Waals surface area contributed by atoms with Crippen LogP contribution in [-0.4, -0.2) is 14.9 Å². The lowest BCUT2D eigenvalue weighted by Gasteiger charge is -2.15. The normalized spacial score (nSPS) is 12.7. The number of nitrogens with zero attached hydrogens (tertiary/aromatic N) is 2. The zero-order valence-corrected chi connectivity index (χ0v) is 14.0. The molecule has 1 aromatic carbocycles. The maximum atomic E-state index is 10.5. The van der Waals surface area contributed by atoms with Gasteiger partial charge in [0.1, 0.15) is 0 Å². The van der Waals surface area contributed by atoms with Crippen LogP contribution in [0, 0.1) is 13.8 Å². The van der Waals surface area contributed by atoms with Crippen molar-refractivity contribution in [1.29, 1.82) is 0 Å². The van der Waals surface area contributed by atoms with Crippen molar-refractivity contribution in [2.24, 2.45) is 7.05 Å². The number of hydrogen-bond donors (Lipinski definition) is 1. The standard InChI is InChI=1S/C16H21BrN2O/c1-5-13-16(17)14(19(4)18-13)9-15(20)12-8-10(2)6-7-11(12)3/h6-8,15,20H,5,9H2,1-4H3. The fraction of sp³-hybridized carbons (Fsp3) is 0.438. The molecule has 20 heavy (non-hydrogen) atoms. The van der Waals surface area contributed by atoms with Crippen LogP contribution in [0.2, 0.25) is 0 Å². The highest BCUT2D eigenvalue weighted by Crippen LogP contribution is 2.28. The molecule has 0 aliphatic rings. The van der Waals surface area contributed by atoms with Gasteiger partial charge in [0.05, 0.1) is 22.0 Å². The Kier molecular flexibility index (Phi) is 4.66. The number of rotatable bonds is 4. The van der Waals surface area contributed by atoms with E-state index in [1.54, 1.807) is 0 Å². The second-order valence-electron chi connectivity index (χ2n) is 5.26. The van der Waals surface area contributed by atoms with Crippen LogP contribution in [0.4, 0.5) is 0 Å². The average Bonchev–Trinajstić information content (AvgIpc) is 2.68. The predicted molar refractivity (Wildman–Crippen MR) is 84.9 cm³/mol. The fourth-order valence-corrected chi connectivity index (χ4v) is 3.23. The molecule has 1 atom stereocenters. The van der Waals surface area contributed by atoms with Gasteiger partial charge in [0, 0.05) is 13.5 Å². The van der Waals surface area contributed by atoms with Crippen LogP contribution in [0.3, 0.4) is 0 Å². The lowest BCUT2D eigenvalue weighted by molar-refractivity contribution is 0.175. The summed E-state index contributed by atoms with van der Waals surface area (Å²) in [7, 11) is 1.93. The predicted octanol–water partition coefficient (Wildman–Crippen LogP) is 3.64. The number of aryl methyl sites for hydroxylation is 4. The summed E-state index contributed by atoms with van der Waals surface area (Å²) in [5.41, 5.74) is 5.36. The van der Waals surface area contributed by atoms with Gasteiger partial charge in [-0.15, -0.1) is 0 Å². The van der Waals surface area contributed by atoms with Gasteiger partial charge in [0.2, 0.25) is 0 Å². The van der Waals surface area contributed by atoms with Crippen molar-refractivity contribution < 1.29 is 5.11 Å². The summed E-state index contributed by atoms with van der Waals surface area (Å²) in [5, 5.41) is 15.0. The van der Waals surface area contributed by atoms with Gasteiger partial charge in [0.25, 0.3) is 0 Å². The van der Waals surface area contributed by atoms with E-state index >= 15 is 0 Å². The SMILES string of the molecule is CCc1nn(C)c(CC(O)c2cc(C)ccc2C)c1Br. The van der Waals surface area contributed by atoms with Crippen molar-refractivity contribution in [3.8, 4) is 0 Å². The molecule has 0 saturated carbocycles. The van der Waals surface area contributed by atoms with E-state index in [-0.39, 0.29) is 0 Å². The Morgan fingerprint density at radius 1 is 1.35 bits per heavy atom. The summed E-state index contributed by atoms with van der Waals surface area (Å²) < 4.78 is 2.88. The summed E-state index contributed by atoms with van der Waals surface area (Å²) >= 11 is 3.60. The van der Waals surface area contributed by atoms with E-state index in [1.165, 1.54) is 5.56 Å². The van der Waals surface area contributed by atoms with Gasteiger partial charge in [-0.2, -0.15) is 5.10 Å². The molecule has 1 heterocycles. The van der Waals surface area contributed by atoms with Gasteiger partial charge < -0.3 is 5.11 Å². The third kappa shape index (κ3) is 2.96. The molecule has 0 bridgehead atoms. The van der Waals surface area contributed by atoms with Gasteiger partial charge in [0.15, 0.2) is 0 Å². The zero-order chi connectivity index (χ0) is 14.9. The highest BCUT2D eigenvalue weighted by Gasteiger charge is 2.18. The number of aliphatic hydroxyl groups excluding tert-OH is 1. The van der Waals surface area contributed by atoms with E-state index in [0.717, 1.165) is 33.4 Å². The molecule has 1 unspecified atom stereocenters. The summed E-state index contributed by atoms with van der Waals surface area (Å²) in [6.45, 7) is 6.16. The molecular formula is C16H21BrN2O. The number of halogens is 1. The first-order valence-electron chi connectivity index (χ1n) is 6.89. The monoisotopic (exact) mass is 336 g/mol. The van der Waals surface area contributed by atoms with Crippen molar-refractivity contribution in [2.75, 3.05) is 0 Å². The Labute approximate surface area is 128 Å². The maximum absolute atomic E-state index is 10.5. The second kappa shape index (κ2) is 6.10. The lowest BCUT2D eigenvalue weighted by atomic mass is 9.98. The molecule has 0 aliphatic heterocycles. The molecule has 3 nitrogen and oxygen atoms in total. The maximum Gasteiger partial charge on any atom is 0.0848 e. The molecule has 108 valence electrons. The van der Waals surface area contributed by atoms with Crippen molar-refractivity contribution in [3.05, 3.63) is 50.8 Å². The van der Waals surface area contributed by atoms with Gasteiger partial charge in [-0.3, -0.25) is 4.68 Å². The summed E-state index contributed by atoms with van der Waals surface area (Å²) in [6, 6.07) is 6.19. The third-order valence-electron chi connectivity index (χ3n) is 3.68. The molecule has 0 spiro atoms. The smallest absolute Gasteiger partial charge is 0.0848 e. The van der Waals surface area contributed by atoms with E-state index in [1.807, 2.05) is 25.6 Å². The zero-order valence-electron chi connectivity index (χ0n) is 12.4. The van der Waals surface area contributed by atoms with Crippen molar-refractivity contribution in [2.45, 2.75) is 39.7 Å². The Balaban J connectivity index is 2.30. The Hall–Kier alpha value is -1.13. The largest absolute Gasteiger partial charge is 0.388 e. The first-order valence-corrected chi connectivity index (χ1v) is 7.68. The topological polar surface area (TPSA) is 38.0 Å². The molecule has 0 aliphatic carbocycles. The van der Waals surface area contributed by atoms with Gasteiger partial charge in [-0.05, 0) is 47.3 Å². The molecule has 1 aromatic heterocycles. The van der Waals surface area contributed by atoms with Crippen LogP contribution >= 0.6 is 15.9 Å². The summed E-state index contributed by atoms with van der Waals surface area (Å²) in [4.78, 5) is 0. The van der Waals surface area contributed by atoms with Crippen LogP contribution in [0.1, 0.15) is 41.1 Å². The summed E-state index contributed by atoms with van der Waals surface area (Å²) in [6.07, 6.45) is 0.939. The molecule has 4 heteroatoms. The quantitative estimate of drug-likeness (QED) is 0.925. The Morgan fingerprint density at radius 3 is 2.65 bits per heavy atom. The molecule has 0 saturated heterocycles. The Morgan fingerprint density at radius 2 is 2.05 bits per heavy atom.